The van der Waals surface area contributed by atoms with Gasteiger partial charge in [0, 0.05) is 23.1 Å². The van der Waals surface area contributed by atoms with E-state index in [1.165, 1.54) is 6.08 Å². The molecular weight excluding hydrogens is 304 g/mol. The van der Waals surface area contributed by atoms with Crippen molar-refractivity contribution in [2.45, 2.75) is 12.8 Å². The minimum atomic E-state index is -0.126. The van der Waals surface area contributed by atoms with Gasteiger partial charge in [-0.25, -0.2) is 0 Å². The zero-order valence-corrected chi connectivity index (χ0v) is 13.4. The Morgan fingerprint density at radius 3 is 2.42 bits per heavy atom. The van der Waals surface area contributed by atoms with Crippen molar-refractivity contribution in [3.05, 3.63) is 77.4 Å². The SMILES string of the molecule is COc1ccc(C(=O)/C=C/CCC(=O)c2ccccc2C=O)cc1. The average Bonchev–Trinajstić information content (AvgIpc) is 2.64. The Labute approximate surface area is 140 Å². The second-order valence-electron chi connectivity index (χ2n) is 5.16. The molecule has 0 N–H and O–H groups in total. The summed E-state index contributed by atoms with van der Waals surface area (Å²) in [5.41, 5.74) is 1.37. The van der Waals surface area contributed by atoms with Gasteiger partial charge < -0.3 is 4.74 Å². The fourth-order valence-corrected chi connectivity index (χ4v) is 2.24. The summed E-state index contributed by atoms with van der Waals surface area (Å²) in [6, 6.07) is 13.5. The van der Waals surface area contributed by atoms with Crippen LogP contribution in [0.25, 0.3) is 0 Å². The summed E-state index contributed by atoms with van der Waals surface area (Å²) in [6.45, 7) is 0. The molecule has 0 saturated heterocycles. The highest BCUT2D eigenvalue weighted by Crippen LogP contribution is 2.13. The van der Waals surface area contributed by atoms with Crippen molar-refractivity contribution >= 4 is 17.9 Å². The number of Topliss-reactive ketones (excluding diaryl/α,β-unsaturated/α-hetero) is 1. The summed E-state index contributed by atoms with van der Waals surface area (Å²) in [7, 11) is 1.57. The van der Waals surface area contributed by atoms with E-state index in [1.54, 1.807) is 61.7 Å². The zero-order chi connectivity index (χ0) is 17.4. The zero-order valence-electron chi connectivity index (χ0n) is 13.4. The Morgan fingerprint density at radius 2 is 1.75 bits per heavy atom. The van der Waals surface area contributed by atoms with Crippen LogP contribution in [-0.2, 0) is 0 Å². The molecular formula is C20H18O4. The lowest BCUT2D eigenvalue weighted by atomic mass is 10.0. The third kappa shape index (κ3) is 4.49. The topological polar surface area (TPSA) is 60.4 Å². The maximum absolute atomic E-state index is 12.1. The molecule has 0 atom stereocenters. The number of allylic oxidation sites excluding steroid dienone is 2. The smallest absolute Gasteiger partial charge is 0.185 e. The summed E-state index contributed by atoms with van der Waals surface area (Å²) in [4.78, 5) is 35.1. The Morgan fingerprint density at radius 1 is 1.04 bits per heavy atom. The number of rotatable bonds is 8. The summed E-state index contributed by atoms with van der Waals surface area (Å²) in [6.07, 6.45) is 4.50. The summed E-state index contributed by atoms with van der Waals surface area (Å²) in [5.74, 6) is 0.451. The molecule has 4 nitrogen and oxygen atoms in total. The predicted octanol–water partition coefficient (Wildman–Crippen LogP) is 3.91. The molecule has 0 aliphatic carbocycles. The van der Waals surface area contributed by atoms with E-state index in [9.17, 15) is 14.4 Å². The van der Waals surface area contributed by atoms with Gasteiger partial charge in [-0.2, -0.15) is 0 Å². The second kappa shape index (κ2) is 8.58. The van der Waals surface area contributed by atoms with E-state index >= 15 is 0 Å². The van der Waals surface area contributed by atoms with Crippen molar-refractivity contribution < 1.29 is 19.1 Å². The van der Waals surface area contributed by atoms with Crippen molar-refractivity contribution in [1.82, 2.24) is 0 Å². The second-order valence-corrected chi connectivity index (χ2v) is 5.16. The highest BCUT2D eigenvalue weighted by atomic mass is 16.5. The summed E-state index contributed by atoms with van der Waals surface area (Å²) < 4.78 is 5.04. The molecule has 0 aliphatic rings. The minimum absolute atomic E-state index is 0.112. The molecule has 0 bridgehead atoms. The lowest BCUT2D eigenvalue weighted by molar-refractivity contribution is 0.0975. The molecule has 0 aromatic heterocycles. The number of methoxy groups -OCH3 is 1. The normalized spacial score (nSPS) is 10.5. The van der Waals surface area contributed by atoms with Crippen LogP contribution < -0.4 is 4.74 Å². The number of benzene rings is 2. The van der Waals surface area contributed by atoms with E-state index in [-0.39, 0.29) is 18.0 Å². The fourth-order valence-electron chi connectivity index (χ4n) is 2.24. The van der Waals surface area contributed by atoms with Crippen molar-refractivity contribution in [1.29, 1.82) is 0 Å². The molecule has 0 saturated carbocycles. The summed E-state index contributed by atoms with van der Waals surface area (Å²) >= 11 is 0. The van der Waals surface area contributed by atoms with Gasteiger partial charge in [0.2, 0.25) is 0 Å². The molecule has 0 radical (unpaired) electrons. The molecule has 0 aliphatic heterocycles. The Bertz CT molecular complexity index is 757. The molecule has 122 valence electrons. The standard InChI is InChI=1S/C20H18O4/c1-24-17-12-10-15(11-13-17)19(22)8-4-5-9-20(23)18-7-3-2-6-16(18)14-21/h2-4,6-8,10-14H,5,9H2,1H3/b8-4+. The number of aldehydes is 1. The van der Waals surface area contributed by atoms with Crippen molar-refractivity contribution in [2.75, 3.05) is 7.11 Å². The van der Waals surface area contributed by atoms with E-state index in [0.29, 0.717) is 35.1 Å². The van der Waals surface area contributed by atoms with Crippen LogP contribution in [0.1, 0.15) is 43.9 Å². The molecule has 4 heteroatoms. The number of ether oxygens (including phenoxy) is 1. The first-order valence-electron chi connectivity index (χ1n) is 7.58. The van der Waals surface area contributed by atoms with Gasteiger partial charge in [-0.1, -0.05) is 30.3 Å². The lowest BCUT2D eigenvalue weighted by Gasteiger charge is -2.02. The Hall–Kier alpha value is -3.01. The molecule has 0 amide bonds. The first-order valence-corrected chi connectivity index (χ1v) is 7.58. The molecule has 0 fully saturated rings. The Balaban J connectivity index is 1.90. The van der Waals surface area contributed by atoms with Crippen LogP contribution in [0, 0.1) is 0 Å². The molecule has 0 heterocycles. The van der Waals surface area contributed by atoms with Crippen LogP contribution in [0.2, 0.25) is 0 Å². The van der Waals surface area contributed by atoms with Gasteiger partial charge in [0.25, 0.3) is 0 Å². The van der Waals surface area contributed by atoms with Crippen molar-refractivity contribution in [3.8, 4) is 5.75 Å². The van der Waals surface area contributed by atoms with E-state index in [0.717, 1.165) is 0 Å². The number of carbonyl (C=O) groups is 3. The largest absolute Gasteiger partial charge is 0.497 e. The monoisotopic (exact) mass is 322 g/mol. The van der Waals surface area contributed by atoms with Gasteiger partial charge in [0.15, 0.2) is 17.9 Å². The predicted molar refractivity (Wildman–Crippen MR) is 91.9 cm³/mol. The third-order valence-electron chi connectivity index (χ3n) is 3.57. The van der Waals surface area contributed by atoms with Crippen LogP contribution >= 0.6 is 0 Å². The Kier molecular flexibility index (Phi) is 6.20. The first kappa shape index (κ1) is 17.3. The van der Waals surface area contributed by atoms with Gasteiger partial charge in [0.05, 0.1) is 7.11 Å². The van der Waals surface area contributed by atoms with E-state index in [4.69, 9.17) is 4.74 Å². The van der Waals surface area contributed by atoms with Crippen LogP contribution in [0.4, 0.5) is 0 Å². The molecule has 2 aromatic carbocycles. The van der Waals surface area contributed by atoms with Gasteiger partial charge >= 0.3 is 0 Å². The van der Waals surface area contributed by atoms with Gasteiger partial charge in [-0.3, -0.25) is 14.4 Å². The van der Waals surface area contributed by atoms with Crippen LogP contribution in [0.5, 0.6) is 5.75 Å². The quantitative estimate of drug-likeness (QED) is 0.420. The van der Waals surface area contributed by atoms with Crippen LogP contribution in [0.3, 0.4) is 0 Å². The molecule has 0 spiro atoms. The van der Waals surface area contributed by atoms with Gasteiger partial charge in [-0.05, 0) is 36.8 Å². The third-order valence-corrected chi connectivity index (χ3v) is 3.57. The van der Waals surface area contributed by atoms with Gasteiger partial charge in [0.1, 0.15) is 5.75 Å². The maximum Gasteiger partial charge on any atom is 0.185 e. The number of ketones is 2. The highest BCUT2D eigenvalue weighted by Gasteiger charge is 2.09. The van der Waals surface area contributed by atoms with Crippen LogP contribution in [0.15, 0.2) is 60.7 Å². The highest BCUT2D eigenvalue weighted by molar-refractivity contribution is 6.05. The maximum atomic E-state index is 12.1. The number of hydrogen-bond acceptors (Lipinski definition) is 4. The summed E-state index contributed by atoms with van der Waals surface area (Å²) in [5, 5.41) is 0. The molecule has 2 rings (SSSR count). The van der Waals surface area contributed by atoms with Crippen LogP contribution in [-0.4, -0.2) is 25.0 Å². The van der Waals surface area contributed by atoms with E-state index in [1.807, 2.05) is 0 Å². The number of hydrogen-bond donors (Lipinski definition) is 0. The number of carbonyl (C=O) groups excluding carboxylic acids is 3. The van der Waals surface area contributed by atoms with Gasteiger partial charge in [-0.15, -0.1) is 0 Å². The lowest BCUT2D eigenvalue weighted by Crippen LogP contribution is -2.02. The van der Waals surface area contributed by atoms with E-state index < -0.39 is 0 Å². The first-order chi connectivity index (χ1) is 11.7. The molecule has 2 aromatic rings. The fraction of sp³-hybridized carbons (Fsp3) is 0.150. The van der Waals surface area contributed by atoms with Crippen molar-refractivity contribution in [3.63, 3.8) is 0 Å². The minimum Gasteiger partial charge on any atom is -0.497 e. The van der Waals surface area contributed by atoms with Crippen molar-refractivity contribution in [2.24, 2.45) is 0 Å². The molecule has 0 unspecified atom stereocenters. The average molecular weight is 322 g/mol. The molecule has 24 heavy (non-hydrogen) atoms. The van der Waals surface area contributed by atoms with E-state index in [2.05, 4.69) is 0 Å².